The number of halogens is 1. The molecule has 102 valence electrons. The van der Waals surface area contributed by atoms with Gasteiger partial charge >= 0.3 is 0 Å². The first-order valence-corrected chi connectivity index (χ1v) is 8.41. The molecule has 3 aromatic rings. The Morgan fingerprint density at radius 1 is 1.10 bits per heavy atom. The molecule has 0 N–H and O–H groups in total. The lowest BCUT2D eigenvalue weighted by Gasteiger charge is -2.23. The van der Waals surface area contributed by atoms with Crippen LogP contribution in [0.15, 0.2) is 48.1 Å². The van der Waals surface area contributed by atoms with Crippen molar-refractivity contribution in [2.24, 2.45) is 0 Å². The second kappa shape index (κ2) is 6.33. The Balaban J connectivity index is 1.96. The second-order valence-electron chi connectivity index (χ2n) is 4.43. The van der Waals surface area contributed by atoms with E-state index in [9.17, 15) is 0 Å². The summed E-state index contributed by atoms with van der Waals surface area (Å²) in [4.78, 5) is 12.2. The van der Waals surface area contributed by atoms with Crippen LogP contribution in [-0.2, 0) is 6.54 Å². The van der Waals surface area contributed by atoms with Gasteiger partial charge in [0.25, 0.3) is 0 Å². The van der Waals surface area contributed by atoms with E-state index in [0.29, 0.717) is 0 Å². The Hall–Kier alpha value is -1.46. The SMILES string of the molecule is BrCCN(Cc1ccccc1)c1ncnc2sccc12. The number of thiophene rings is 1. The smallest absolute Gasteiger partial charge is 0.141 e. The van der Waals surface area contributed by atoms with Gasteiger partial charge in [0.2, 0.25) is 0 Å². The normalized spacial score (nSPS) is 10.8. The molecule has 1 aromatic carbocycles. The molecule has 20 heavy (non-hydrogen) atoms. The quantitative estimate of drug-likeness (QED) is 0.650. The fourth-order valence-electron chi connectivity index (χ4n) is 2.19. The highest BCUT2D eigenvalue weighted by Crippen LogP contribution is 2.27. The average molecular weight is 348 g/mol. The molecule has 0 bridgehead atoms. The van der Waals surface area contributed by atoms with Gasteiger partial charge < -0.3 is 4.90 Å². The van der Waals surface area contributed by atoms with Crippen molar-refractivity contribution in [3.63, 3.8) is 0 Å². The highest BCUT2D eigenvalue weighted by Gasteiger charge is 2.13. The van der Waals surface area contributed by atoms with E-state index in [4.69, 9.17) is 0 Å². The molecule has 0 amide bonds. The lowest BCUT2D eigenvalue weighted by molar-refractivity contribution is 0.824. The van der Waals surface area contributed by atoms with E-state index in [1.165, 1.54) is 5.56 Å². The summed E-state index contributed by atoms with van der Waals surface area (Å²) in [5, 5.41) is 4.11. The third-order valence-corrected chi connectivity index (χ3v) is 4.29. The predicted octanol–water partition coefficient (Wildman–Crippen LogP) is 4.09. The molecule has 0 fully saturated rings. The Morgan fingerprint density at radius 3 is 2.75 bits per heavy atom. The van der Waals surface area contributed by atoms with Crippen LogP contribution in [0.3, 0.4) is 0 Å². The fourth-order valence-corrected chi connectivity index (χ4v) is 3.35. The topological polar surface area (TPSA) is 29.0 Å². The summed E-state index contributed by atoms with van der Waals surface area (Å²) in [6.07, 6.45) is 1.65. The highest BCUT2D eigenvalue weighted by atomic mass is 79.9. The van der Waals surface area contributed by atoms with Crippen molar-refractivity contribution >= 4 is 43.3 Å². The molecular weight excluding hydrogens is 334 g/mol. The van der Waals surface area contributed by atoms with Crippen molar-refractivity contribution in [1.29, 1.82) is 0 Å². The molecule has 0 aliphatic rings. The summed E-state index contributed by atoms with van der Waals surface area (Å²) in [6, 6.07) is 12.6. The van der Waals surface area contributed by atoms with Gasteiger partial charge in [0.1, 0.15) is 17.0 Å². The predicted molar refractivity (Wildman–Crippen MR) is 88.7 cm³/mol. The Bertz CT molecular complexity index is 684. The fraction of sp³-hybridized carbons (Fsp3) is 0.200. The number of aromatic nitrogens is 2. The molecule has 5 heteroatoms. The van der Waals surface area contributed by atoms with Gasteiger partial charge in [-0.2, -0.15) is 0 Å². The van der Waals surface area contributed by atoms with E-state index in [1.807, 2.05) is 6.07 Å². The van der Waals surface area contributed by atoms with Crippen molar-refractivity contribution in [1.82, 2.24) is 9.97 Å². The Kier molecular flexibility index (Phi) is 4.28. The van der Waals surface area contributed by atoms with Crippen LogP contribution >= 0.6 is 27.3 Å². The van der Waals surface area contributed by atoms with Crippen LogP contribution < -0.4 is 4.90 Å². The number of rotatable bonds is 5. The van der Waals surface area contributed by atoms with Crippen LogP contribution in [-0.4, -0.2) is 21.8 Å². The van der Waals surface area contributed by atoms with E-state index in [2.05, 4.69) is 66.5 Å². The number of anilines is 1. The first-order chi connectivity index (χ1) is 9.88. The molecule has 0 radical (unpaired) electrons. The standard InChI is InChI=1S/C15H14BrN3S/c16-7-8-19(10-12-4-2-1-3-5-12)14-13-6-9-20-15(13)18-11-17-14/h1-6,9,11H,7-8,10H2. The van der Waals surface area contributed by atoms with Gasteiger partial charge in [0.05, 0.1) is 5.39 Å². The summed E-state index contributed by atoms with van der Waals surface area (Å²) in [6.45, 7) is 1.77. The van der Waals surface area contributed by atoms with Gasteiger partial charge in [-0.25, -0.2) is 9.97 Å². The minimum absolute atomic E-state index is 0.856. The van der Waals surface area contributed by atoms with Crippen LogP contribution in [0.25, 0.3) is 10.2 Å². The Labute approximate surface area is 130 Å². The molecule has 0 aliphatic carbocycles. The average Bonchev–Trinajstić information content (AvgIpc) is 2.96. The first kappa shape index (κ1) is 13.5. The Morgan fingerprint density at radius 2 is 1.95 bits per heavy atom. The van der Waals surface area contributed by atoms with Crippen molar-refractivity contribution < 1.29 is 0 Å². The number of hydrogen-bond donors (Lipinski definition) is 0. The van der Waals surface area contributed by atoms with Gasteiger partial charge in [-0.05, 0) is 17.0 Å². The third kappa shape index (κ3) is 2.83. The highest BCUT2D eigenvalue weighted by molar-refractivity contribution is 9.09. The van der Waals surface area contributed by atoms with Crippen molar-refractivity contribution in [3.05, 3.63) is 53.7 Å². The zero-order valence-corrected chi connectivity index (χ0v) is 13.3. The molecule has 3 rings (SSSR count). The lowest BCUT2D eigenvalue weighted by atomic mass is 10.2. The summed E-state index contributed by atoms with van der Waals surface area (Å²) < 4.78 is 0. The molecule has 3 nitrogen and oxygen atoms in total. The van der Waals surface area contributed by atoms with E-state index in [1.54, 1.807) is 17.7 Å². The maximum absolute atomic E-state index is 4.49. The van der Waals surface area contributed by atoms with Gasteiger partial charge in [-0.1, -0.05) is 46.3 Å². The van der Waals surface area contributed by atoms with Gasteiger partial charge in [0, 0.05) is 18.4 Å². The second-order valence-corrected chi connectivity index (χ2v) is 6.12. The third-order valence-electron chi connectivity index (χ3n) is 3.11. The molecule has 0 aliphatic heterocycles. The molecule has 0 unspecified atom stereocenters. The molecule has 2 heterocycles. The van der Waals surface area contributed by atoms with Crippen LogP contribution in [0.5, 0.6) is 0 Å². The molecule has 0 spiro atoms. The molecule has 2 aromatic heterocycles. The summed E-state index contributed by atoms with van der Waals surface area (Å²) in [5.74, 6) is 1.01. The van der Waals surface area contributed by atoms with E-state index in [0.717, 1.165) is 34.5 Å². The number of nitrogens with zero attached hydrogens (tertiary/aromatic N) is 3. The van der Waals surface area contributed by atoms with Gasteiger partial charge in [-0.15, -0.1) is 11.3 Å². The maximum atomic E-state index is 4.49. The molecule has 0 saturated carbocycles. The van der Waals surface area contributed by atoms with Crippen LogP contribution in [0.4, 0.5) is 5.82 Å². The first-order valence-electron chi connectivity index (χ1n) is 6.41. The number of hydrogen-bond acceptors (Lipinski definition) is 4. The van der Waals surface area contributed by atoms with Crippen molar-refractivity contribution in [3.8, 4) is 0 Å². The lowest BCUT2D eigenvalue weighted by Crippen LogP contribution is -2.25. The van der Waals surface area contributed by atoms with E-state index >= 15 is 0 Å². The van der Waals surface area contributed by atoms with Crippen molar-refractivity contribution in [2.45, 2.75) is 6.54 Å². The number of benzene rings is 1. The number of fused-ring (bicyclic) bond motifs is 1. The van der Waals surface area contributed by atoms with Crippen LogP contribution in [0, 0.1) is 0 Å². The van der Waals surface area contributed by atoms with Crippen LogP contribution in [0.2, 0.25) is 0 Å². The number of alkyl halides is 1. The molecule has 0 atom stereocenters. The van der Waals surface area contributed by atoms with E-state index in [-0.39, 0.29) is 0 Å². The molecule has 0 saturated heterocycles. The summed E-state index contributed by atoms with van der Waals surface area (Å²) >= 11 is 5.19. The van der Waals surface area contributed by atoms with Crippen molar-refractivity contribution in [2.75, 3.05) is 16.8 Å². The minimum Gasteiger partial charge on any atom is -0.351 e. The van der Waals surface area contributed by atoms with Gasteiger partial charge in [-0.3, -0.25) is 0 Å². The zero-order chi connectivity index (χ0) is 13.8. The summed E-state index contributed by atoms with van der Waals surface area (Å²) in [7, 11) is 0. The minimum atomic E-state index is 0.856. The largest absolute Gasteiger partial charge is 0.351 e. The maximum Gasteiger partial charge on any atom is 0.141 e. The summed E-state index contributed by atoms with van der Waals surface area (Å²) in [5.41, 5.74) is 1.29. The zero-order valence-electron chi connectivity index (χ0n) is 10.9. The molecular formula is C15H14BrN3S. The van der Waals surface area contributed by atoms with E-state index < -0.39 is 0 Å². The monoisotopic (exact) mass is 347 g/mol. The van der Waals surface area contributed by atoms with Crippen LogP contribution in [0.1, 0.15) is 5.56 Å². The van der Waals surface area contributed by atoms with Gasteiger partial charge in [0.15, 0.2) is 0 Å².